The molecule has 1 heterocycles. The predicted molar refractivity (Wildman–Crippen MR) is 59.9 cm³/mol. The quantitative estimate of drug-likeness (QED) is 0.687. The molecule has 0 saturated heterocycles. The molecule has 15 heavy (non-hydrogen) atoms. The number of anilines is 1. The largest absolute Gasteiger partial charge is 0.396 e. The molecule has 1 amide bonds. The summed E-state index contributed by atoms with van der Waals surface area (Å²) >= 11 is 1.43. The maximum absolute atomic E-state index is 11.2. The molecule has 1 aliphatic carbocycles. The topological polar surface area (TPSA) is 89.3 Å². The van der Waals surface area contributed by atoms with Gasteiger partial charge in [-0.05, 0) is 30.7 Å². The molecule has 0 fully saturated rings. The standard InChI is InChI=1S/C10H14N2O2S/c11-9(14)8-6-2-1-5(4-13)3-7(6)15-10(8)12/h5,13H,1-4,12H2,(H2,11,14). The Labute approximate surface area is 91.9 Å². The summed E-state index contributed by atoms with van der Waals surface area (Å²) < 4.78 is 0. The van der Waals surface area contributed by atoms with Crippen LogP contribution in [0.1, 0.15) is 27.2 Å². The lowest BCUT2D eigenvalue weighted by atomic mass is 9.87. The molecule has 1 aromatic heterocycles. The average molecular weight is 226 g/mol. The third kappa shape index (κ3) is 1.72. The number of carbonyl (C=O) groups excluding carboxylic acids is 1. The molecule has 2 rings (SSSR count). The van der Waals surface area contributed by atoms with E-state index in [4.69, 9.17) is 16.6 Å². The monoisotopic (exact) mass is 226 g/mol. The van der Waals surface area contributed by atoms with Gasteiger partial charge in [0.05, 0.1) is 10.6 Å². The number of carbonyl (C=O) groups is 1. The Morgan fingerprint density at radius 3 is 2.93 bits per heavy atom. The zero-order chi connectivity index (χ0) is 11.0. The van der Waals surface area contributed by atoms with Gasteiger partial charge in [0.1, 0.15) is 0 Å². The second-order valence-corrected chi connectivity index (χ2v) is 5.04. The highest BCUT2D eigenvalue weighted by molar-refractivity contribution is 7.16. The number of hydrogen-bond acceptors (Lipinski definition) is 4. The highest BCUT2D eigenvalue weighted by Crippen LogP contribution is 2.37. The molecule has 1 aliphatic rings. The van der Waals surface area contributed by atoms with Crippen molar-refractivity contribution in [1.29, 1.82) is 0 Å². The highest BCUT2D eigenvalue weighted by atomic mass is 32.1. The first-order chi connectivity index (χ1) is 7.13. The average Bonchev–Trinajstić information content (AvgIpc) is 2.52. The molecule has 0 spiro atoms. The van der Waals surface area contributed by atoms with E-state index in [-0.39, 0.29) is 6.61 Å². The summed E-state index contributed by atoms with van der Waals surface area (Å²) in [6, 6.07) is 0. The van der Waals surface area contributed by atoms with E-state index >= 15 is 0 Å². The Morgan fingerprint density at radius 2 is 2.33 bits per heavy atom. The van der Waals surface area contributed by atoms with Crippen LogP contribution in [0, 0.1) is 5.92 Å². The van der Waals surface area contributed by atoms with Gasteiger partial charge >= 0.3 is 0 Å². The van der Waals surface area contributed by atoms with Crippen LogP contribution in [0.3, 0.4) is 0 Å². The lowest BCUT2D eigenvalue weighted by Gasteiger charge is -2.20. The van der Waals surface area contributed by atoms with Crippen LogP contribution in [0.15, 0.2) is 0 Å². The normalized spacial score (nSPS) is 19.9. The van der Waals surface area contributed by atoms with Crippen LogP contribution < -0.4 is 11.5 Å². The van der Waals surface area contributed by atoms with Gasteiger partial charge in [0.15, 0.2) is 0 Å². The van der Waals surface area contributed by atoms with Crippen LogP contribution in [0.25, 0.3) is 0 Å². The first-order valence-corrected chi connectivity index (χ1v) is 5.75. The molecule has 4 nitrogen and oxygen atoms in total. The lowest BCUT2D eigenvalue weighted by Crippen LogP contribution is -2.19. The van der Waals surface area contributed by atoms with Gasteiger partial charge in [0, 0.05) is 11.5 Å². The van der Waals surface area contributed by atoms with Crippen molar-refractivity contribution in [2.75, 3.05) is 12.3 Å². The van der Waals surface area contributed by atoms with Crippen LogP contribution in [-0.2, 0) is 12.8 Å². The number of primary amides is 1. The number of nitrogens with two attached hydrogens (primary N) is 2. The highest BCUT2D eigenvalue weighted by Gasteiger charge is 2.26. The molecular formula is C10H14N2O2S. The molecule has 0 radical (unpaired) electrons. The minimum absolute atomic E-state index is 0.198. The van der Waals surface area contributed by atoms with Crippen LogP contribution in [0.5, 0.6) is 0 Å². The van der Waals surface area contributed by atoms with Gasteiger partial charge in [-0.15, -0.1) is 11.3 Å². The molecule has 0 bridgehead atoms. The van der Waals surface area contributed by atoms with Gasteiger partial charge in [-0.1, -0.05) is 0 Å². The predicted octanol–water partition coefficient (Wildman–Crippen LogP) is 0.526. The van der Waals surface area contributed by atoms with E-state index in [0.717, 1.165) is 29.7 Å². The minimum atomic E-state index is -0.438. The molecular weight excluding hydrogens is 212 g/mol. The second-order valence-electron chi connectivity index (χ2n) is 3.90. The van der Waals surface area contributed by atoms with Crippen molar-refractivity contribution in [3.63, 3.8) is 0 Å². The molecule has 1 aromatic rings. The molecule has 1 unspecified atom stereocenters. The Bertz CT molecular complexity index is 400. The Kier molecular flexibility index (Phi) is 2.67. The van der Waals surface area contributed by atoms with Gasteiger partial charge in [-0.3, -0.25) is 4.79 Å². The second kappa shape index (κ2) is 3.83. The van der Waals surface area contributed by atoms with Crippen molar-refractivity contribution in [3.05, 3.63) is 16.0 Å². The summed E-state index contributed by atoms with van der Waals surface area (Å²) in [7, 11) is 0. The molecule has 82 valence electrons. The van der Waals surface area contributed by atoms with E-state index in [2.05, 4.69) is 0 Å². The van der Waals surface area contributed by atoms with Crippen molar-refractivity contribution in [3.8, 4) is 0 Å². The molecule has 5 heteroatoms. The molecule has 0 saturated carbocycles. The summed E-state index contributed by atoms with van der Waals surface area (Å²) in [5.41, 5.74) is 12.6. The number of aliphatic hydroxyl groups is 1. The third-order valence-corrected chi connectivity index (χ3v) is 3.98. The molecule has 0 aliphatic heterocycles. The van der Waals surface area contributed by atoms with Crippen molar-refractivity contribution >= 4 is 22.2 Å². The lowest BCUT2D eigenvalue weighted by molar-refractivity contribution is 0.1000. The van der Waals surface area contributed by atoms with E-state index in [9.17, 15) is 4.79 Å². The fraction of sp³-hybridized carbons (Fsp3) is 0.500. The third-order valence-electron chi connectivity index (χ3n) is 2.90. The first kappa shape index (κ1) is 10.4. The number of aliphatic hydroxyl groups excluding tert-OH is 1. The Balaban J connectivity index is 2.39. The zero-order valence-electron chi connectivity index (χ0n) is 8.32. The zero-order valence-corrected chi connectivity index (χ0v) is 9.14. The fourth-order valence-corrected chi connectivity index (χ4v) is 3.34. The van der Waals surface area contributed by atoms with Gasteiger partial charge in [0.2, 0.25) is 0 Å². The van der Waals surface area contributed by atoms with E-state index in [1.54, 1.807) is 0 Å². The van der Waals surface area contributed by atoms with Crippen LogP contribution in [0.4, 0.5) is 5.00 Å². The Hall–Kier alpha value is -1.07. The van der Waals surface area contributed by atoms with E-state index in [1.807, 2.05) is 0 Å². The number of rotatable bonds is 2. The number of fused-ring (bicyclic) bond motifs is 1. The van der Waals surface area contributed by atoms with Crippen molar-refractivity contribution in [2.24, 2.45) is 11.7 Å². The summed E-state index contributed by atoms with van der Waals surface area (Å²) in [5.74, 6) is -0.135. The number of nitrogen functional groups attached to an aromatic ring is 1. The summed E-state index contributed by atoms with van der Waals surface area (Å²) in [4.78, 5) is 12.3. The van der Waals surface area contributed by atoms with E-state index < -0.39 is 5.91 Å². The van der Waals surface area contributed by atoms with Gasteiger partial charge < -0.3 is 16.6 Å². The first-order valence-electron chi connectivity index (χ1n) is 4.94. The fourth-order valence-electron chi connectivity index (χ4n) is 2.10. The van der Waals surface area contributed by atoms with E-state index in [0.29, 0.717) is 16.5 Å². The maximum Gasteiger partial charge on any atom is 0.251 e. The molecule has 5 N–H and O–H groups in total. The van der Waals surface area contributed by atoms with Gasteiger partial charge in [0.25, 0.3) is 5.91 Å². The van der Waals surface area contributed by atoms with E-state index in [1.165, 1.54) is 11.3 Å². The Morgan fingerprint density at radius 1 is 1.60 bits per heavy atom. The minimum Gasteiger partial charge on any atom is -0.396 e. The molecule has 1 atom stereocenters. The van der Waals surface area contributed by atoms with Crippen molar-refractivity contribution in [2.45, 2.75) is 19.3 Å². The number of thiophene rings is 1. The van der Waals surface area contributed by atoms with Gasteiger partial charge in [-0.2, -0.15) is 0 Å². The van der Waals surface area contributed by atoms with Crippen molar-refractivity contribution in [1.82, 2.24) is 0 Å². The SMILES string of the molecule is NC(=O)c1c(N)sc2c1CCC(CO)C2. The van der Waals surface area contributed by atoms with Crippen LogP contribution >= 0.6 is 11.3 Å². The smallest absolute Gasteiger partial charge is 0.251 e. The summed E-state index contributed by atoms with van der Waals surface area (Å²) in [5, 5.41) is 9.60. The van der Waals surface area contributed by atoms with Crippen LogP contribution in [0.2, 0.25) is 0 Å². The molecule has 0 aromatic carbocycles. The number of hydrogen-bond donors (Lipinski definition) is 3. The van der Waals surface area contributed by atoms with Crippen molar-refractivity contribution < 1.29 is 9.90 Å². The summed E-state index contributed by atoms with van der Waals surface area (Å²) in [6.07, 6.45) is 2.51. The van der Waals surface area contributed by atoms with Crippen LogP contribution in [-0.4, -0.2) is 17.6 Å². The maximum atomic E-state index is 11.2. The number of amides is 1. The van der Waals surface area contributed by atoms with Gasteiger partial charge in [-0.25, -0.2) is 0 Å². The summed E-state index contributed by atoms with van der Waals surface area (Å²) in [6.45, 7) is 0.198.